The molecule has 0 fully saturated rings. The molecule has 1 amide bonds. The van der Waals surface area contributed by atoms with Crippen LogP contribution in [-0.4, -0.2) is 33.9 Å². The number of amides is 1. The third-order valence-electron chi connectivity index (χ3n) is 5.63. The standard InChI is InChI=1S/C27H26N2O5S2/c1-4-15-29(36(32,33)21-12-9-18(2)10-13-21)20-11-14-24-19(16-20)17-25(35-24)26(30)28-23-8-6-5-7-22(23)27(31)34-3/h5-14,16-17H,4,15H2,1-3H3,(H,28,30). The van der Waals surface area contributed by atoms with E-state index in [2.05, 4.69) is 5.32 Å². The summed E-state index contributed by atoms with van der Waals surface area (Å²) < 4.78 is 33.9. The van der Waals surface area contributed by atoms with Gasteiger partial charge in [0.2, 0.25) is 0 Å². The predicted octanol–water partition coefficient (Wildman–Crippen LogP) is 5.85. The van der Waals surface area contributed by atoms with E-state index in [-0.39, 0.29) is 16.4 Å². The lowest BCUT2D eigenvalue weighted by atomic mass is 10.1. The zero-order valence-corrected chi connectivity index (χ0v) is 21.8. The summed E-state index contributed by atoms with van der Waals surface area (Å²) >= 11 is 1.29. The van der Waals surface area contributed by atoms with Crippen molar-refractivity contribution in [2.75, 3.05) is 23.3 Å². The monoisotopic (exact) mass is 522 g/mol. The summed E-state index contributed by atoms with van der Waals surface area (Å²) in [5.74, 6) is -0.913. The van der Waals surface area contributed by atoms with Crippen LogP contribution in [-0.2, 0) is 14.8 Å². The van der Waals surface area contributed by atoms with Gasteiger partial charge in [-0.1, -0.05) is 36.8 Å². The van der Waals surface area contributed by atoms with Crippen molar-refractivity contribution in [3.63, 3.8) is 0 Å². The molecule has 1 aromatic heterocycles. The number of hydrogen-bond acceptors (Lipinski definition) is 6. The average Bonchev–Trinajstić information content (AvgIpc) is 3.31. The molecule has 0 aliphatic carbocycles. The van der Waals surface area contributed by atoms with Crippen molar-refractivity contribution in [1.29, 1.82) is 0 Å². The first-order valence-corrected chi connectivity index (χ1v) is 13.6. The number of ether oxygens (including phenoxy) is 1. The smallest absolute Gasteiger partial charge is 0.339 e. The molecule has 1 N–H and O–H groups in total. The SMILES string of the molecule is CCCN(c1ccc2sc(C(=O)Nc3ccccc3C(=O)OC)cc2c1)S(=O)(=O)c1ccc(C)cc1. The molecule has 0 aliphatic rings. The highest BCUT2D eigenvalue weighted by Gasteiger charge is 2.25. The van der Waals surface area contributed by atoms with E-state index in [1.165, 1.54) is 22.8 Å². The Morgan fingerprint density at radius 2 is 1.72 bits per heavy atom. The van der Waals surface area contributed by atoms with E-state index in [4.69, 9.17) is 4.74 Å². The quantitative estimate of drug-likeness (QED) is 0.293. The van der Waals surface area contributed by atoms with Crippen molar-refractivity contribution in [3.8, 4) is 0 Å². The number of rotatable bonds is 8. The summed E-state index contributed by atoms with van der Waals surface area (Å²) in [5, 5.41) is 3.53. The highest BCUT2D eigenvalue weighted by atomic mass is 32.2. The van der Waals surface area contributed by atoms with Crippen LogP contribution in [0, 0.1) is 6.92 Å². The van der Waals surface area contributed by atoms with Gasteiger partial charge in [0, 0.05) is 11.2 Å². The van der Waals surface area contributed by atoms with E-state index < -0.39 is 16.0 Å². The van der Waals surface area contributed by atoms with Gasteiger partial charge in [-0.25, -0.2) is 13.2 Å². The maximum absolute atomic E-state index is 13.4. The van der Waals surface area contributed by atoms with Gasteiger partial charge >= 0.3 is 5.97 Å². The lowest BCUT2D eigenvalue weighted by Crippen LogP contribution is -2.31. The molecule has 0 saturated heterocycles. The van der Waals surface area contributed by atoms with Crippen molar-refractivity contribution in [3.05, 3.63) is 88.8 Å². The first-order chi connectivity index (χ1) is 17.2. The van der Waals surface area contributed by atoms with Gasteiger partial charge in [0.25, 0.3) is 15.9 Å². The molecule has 186 valence electrons. The number of esters is 1. The first kappa shape index (κ1) is 25.4. The Bertz CT molecular complexity index is 1530. The van der Waals surface area contributed by atoms with Crippen molar-refractivity contribution >= 4 is 54.7 Å². The number of hydrogen-bond donors (Lipinski definition) is 1. The predicted molar refractivity (Wildman–Crippen MR) is 144 cm³/mol. The highest BCUT2D eigenvalue weighted by molar-refractivity contribution is 7.92. The van der Waals surface area contributed by atoms with Crippen LogP contribution in [0.5, 0.6) is 0 Å². The first-order valence-electron chi connectivity index (χ1n) is 11.4. The number of benzene rings is 3. The largest absolute Gasteiger partial charge is 0.465 e. The molecular formula is C27H26N2O5S2. The second-order valence-corrected chi connectivity index (χ2v) is 11.2. The summed E-state index contributed by atoms with van der Waals surface area (Å²) in [6.07, 6.45) is 0.639. The third-order valence-corrected chi connectivity index (χ3v) is 8.58. The number of carbonyl (C=O) groups is 2. The topological polar surface area (TPSA) is 92.8 Å². The van der Waals surface area contributed by atoms with Crippen LogP contribution in [0.1, 0.15) is 38.9 Å². The van der Waals surface area contributed by atoms with Gasteiger partial charge in [0.05, 0.1) is 33.8 Å². The molecular weight excluding hydrogens is 496 g/mol. The number of nitrogens with zero attached hydrogens (tertiary/aromatic N) is 1. The number of thiophene rings is 1. The number of fused-ring (bicyclic) bond motifs is 1. The number of methoxy groups -OCH3 is 1. The fourth-order valence-corrected chi connectivity index (χ4v) is 6.28. The van der Waals surface area contributed by atoms with Crippen LogP contribution in [0.2, 0.25) is 0 Å². The van der Waals surface area contributed by atoms with E-state index in [9.17, 15) is 18.0 Å². The van der Waals surface area contributed by atoms with Crippen LogP contribution in [0.3, 0.4) is 0 Å². The van der Waals surface area contributed by atoms with Gasteiger partial charge in [0.15, 0.2) is 0 Å². The highest BCUT2D eigenvalue weighted by Crippen LogP contribution is 2.32. The van der Waals surface area contributed by atoms with E-state index in [1.807, 2.05) is 19.9 Å². The summed E-state index contributed by atoms with van der Waals surface area (Å²) in [6, 6.07) is 20.5. The van der Waals surface area contributed by atoms with E-state index in [1.54, 1.807) is 66.7 Å². The van der Waals surface area contributed by atoms with Gasteiger partial charge in [-0.15, -0.1) is 11.3 Å². The maximum atomic E-state index is 13.4. The normalized spacial score (nSPS) is 11.3. The molecule has 0 spiro atoms. The Kier molecular flexibility index (Phi) is 7.42. The van der Waals surface area contributed by atoms with Crippen molar-refractivity contribution in [2.24, 2.45) is 0 Å². The Balaban J connectivity index is 1.65. The molecule has 1 heterocycles. The zero-order valence-electron chi connectivity index (χ0n) is 20.1. The molecule has 0 unspecified atom stereocenters. The Labute approximate surface area is 214 Å². The van der Waals surface area contributed by atoms with Crippen molar-refractivity contribution in [2.45, 2.75) is 25.2 Å². The van der Waals surface area contributed by atoms with Gasteiger partial charge in [0.1, 0.15) is 0 Å². The minimum atomic E-state index is -3.75. The number of aryl methyl sites for hydroxylation is 1. The molecule has 0 saturated carbocycles. The summed E-state index contributed by atoms with van der Waals surface area (Å²) in [6.45, 7) is 4.16. The minimum Gasteiger partial charge on any atom is -0.465 e. The van der Waals surface area contributed by atoms with Crippen LogP contribution in [0.4, 0.5) is 11.4 Å². The summed E-state index contributed by atoms with van der Waals surface area (Å²) in [5.41, 5.74) is 2.13. The second kappa shape index (κ2) is 10.5. The van der Waals surface area contributed by atoms with Gasteiger partial charge < -0.3 is 10.1 Å². The Morgan fingerprint density at radius 3 is 2.42 bits per heavy atom. The van der Waals surface area contributed by atoms with Gasteiger partial charge in [-0.2, -0.15) is 0 Å². The maximum Gasteiger partial charge on any atom is 0.339 e. The van der Waals surface area contributed by atoms with E-state index in [0.29, 0.717) is 29.2 Å². The van der Waals surface area contributed by atoms with E-state index in [0.717, 1.165) is 15.6 Å². The molecule has 7 nitrogen and oxygen atoms in total. The lowest BCUT2D eigenvalue weighted by molar-refractivity contribution is 0.0602. The molecule has 0 atom stereocenters. The molecule has 9 heteroatoms. The fourth-order valence-electron chi connectivity index (χ4n) is 3.79. The van der Waals surface area contributed by atoms with E-state index >= 15 is 0 Å². The van der Waals surface area contributed by atoms with Crippen molar-refractivity contribution in [1.82, 2.24) is 0 Å². The minimum absolute atomic E-state index is 0.233. The molecule has 4 aromatic rings. The Morgan fingerprint density at radius 1 is 1.00 bits per heavy atom. The number of para-hydroxylation sites is 1. The van der Waals surface area contributed by atoms with Crippen LogP contribution >= 0.6 is 11.3 Å². The number of sulfonamides is 1. The number of carbonyl (C=O) groups excluding carboxylic acids is 2. The molecule has 0 bridgehead atoms. The fraction of sp³-hybridized carbons (Fsp3) is 0.185. The lowest BCUT2D eigenvalue weighted by Gasteiger charge is -2.24. The Hall–Kier alpha value is -3.69. The number of anilines is 2. The summed E-state index contributed by atoms with van der Waals surface area (Å²) in [4.78, 5) is 25.7. The second-order valence-electron chi connectivity index (χ2n) is 8.21. The molecule has 0 aliphatic heterocycles. The third kappa shape index (κ3) is 5.12. The molecule has 3 aromatic carbocycles. The average molecular weight is 523 g/mol. The molecule has 36 heavy (non-hydrogen) atoms. The number of nitrogens with one attached hydrogen (secondary N) is 1. The van der Waals surface area contributed by atoms with Crippen LogP contribution in [0.15, 0.2) is 77.7 Å². The zero-order chi connectivity index (χ0) is 25.9. The molecule has 0 radical (unpaired) electrons. The molecule has 4 rings (SSSR count). The van der Waals surface area contributed by atoms with Gasteiger partial charge in [-0.05, 0) is 67.3 Å². The van der Waals surface area contributed by atoms with Crippen molar-refractivity contribution < 1.29 is 22.7 Å². The van der Waals surface area contributed by atoms with Crippen LogP contribution in [0.25, 0.3) is 10.1 Å². The van der Waals surface area contributed by atoms with Crippen LogP contribution < -0.4 is 9.62 Å². The summed E-state index contributed by atoms with van der Waals surface area (Å²) in [7, 11) is -2.47. The van der Waals surface area contributed by atoms with Gasteiger partial charge in [-0.3, -0.25) is 9.10 Å².